The molecule has 19 heavy (non-hydrogen) atoms. The lowest BCUT2D eigenvalue weighted by atomic mass is 10.3. The first-order valence-corrected chi connectivity index (χ1v) is 6.14. The lowest BCUT2D eigenvalue weighted by molar-refractivity contribution is 0.102. The first-order chi connectivity index (χ1) is 8.90. The normalized spacial score (nSPS) is 10.5. The van der Waals surface area contributed by atoms with Crippen LogP contribution >= 0.6 is 11.3 Å². The molecule has 100 valence electrons. The second-order valence-electron chi connectivity index (χ2n) is 3.92. The number of hydrogen-bond acceptors (Lipinski definition) is 3. The fraction of sp³-hybridized carbons (Fsp3) is 0.167. The summed E-state index contributed by atoms with van der Waals surface area (Å²) in [6, 6.07) is 2.76. The molecule has 1 aromatic carbocycles. The third-order valence-corrected chi connectivity index (χ3v) is 3.81. The highest BCUT2D eigenvalue weighted by atomic mass is 32.1. The first kappa shape index (κ1) is 13.4. The summed E-state index contributed by atoms with van der Waals surface area (Å²) in [4.78, 5) is 23.2. The monoisotopic (exact) mass is 284 g/mol. The lowest BCUT2D eigenvalue weighted by Crippen LogP contribution is -2.14. The molecule has 0 atom stereocenters. The van der Waals surface area contributed by atoms with E-state index in [2.05, 4.69) is 5.32 Å². The zero-order chi connectivity index (χ0) is 14.2. The third-order valence-electron chi connectivity index (χ3n) is 2.68. The molecule has 4 nitrogen and oxygen atoms in total. The zero-order valence-corrected chi connectivity index (χ0v) is 11.0. The molecule has 2 rings (SSSR count). The van der Waals surface area contributed by atoms with Crippen LogP contribution in [-0.4, -0.2) is 10.5 Å². The molecule has 1 heterocycles. The molecule has 0 aliphatic carbocycles. The van der Waals surface area contributed by atoms with Crippen LogP contribution in [0.5, 0.6) is 0 Å². The van der Waals surface area contributed by atoms with E-state index in [1.165, 1.54) is 11.6 Å². The largest absolute Gasteiger partial charge is 0.319 e. The molecule has 0 saturated carbocycles. The number of aromatic nitrogens is 1. The van der Waals surface area contributed by atoms with Crippen LogP contribution < -0.4 is 10.2 Å². The van der Waals surface area contributed by atoms with E-state index in [-0.39, 0.29) is 15.4 Å². The first-order valence-electron chi connectivity index (χ1n) is 5.33. The average Bonchev–Trinajstić information content (AvgIpc) is 2.62. The minimum atomic E-state index is -0.740. The maximum absolute atomic E-state index is 13.4. The van der Waals surface area contributed by atoms with Gasteiger partial charge < -0.3 is 9.88 Å². The van der Waals surface area contributed by atoms with Crippen molar-refractivity contribution in [2.75, 3.05) is 5.32 Å². The second-order valence-corrected chi connectivity index (χ2v) is 4.88. The number of halogens is 2. The van der Waals surface area contributed by atoms with Crippen molar-refractivity contribution in [3.8, 4) is 0 Å². The maximum Gasteiger partial charge on any atom is 0.307 e. The minimum Gasteiger partial charge on any atom is -0.319 e. The van der Waals surface area contributed by atoms with Gasteiger partial charge in [-0.05, 0) is 19.1 Å². The number of nitrogens with one attached hydrogen (secondary N) is 1. The Hall–Kier alpha value is -2.02. The summed E-state index contributed by atoms with van der Waals surface area (Å²) in [6.45, 7) is 1.61. The van der Waals surface area contributed by atoms with Gasteiger partial charge in [0, 0.05) is 18.8 Å². The number of benzene rings is 1. The molecule has 0 aliphatic heterocycles. The van der Waals surface area contributed by atoms with Crippen LogP contribution in [0.4, 0.5) is 14.5 Å². The van der Waals surface area contributed by atoms with E-state index in [4.69, 9.17) is 0 Å². The molecule has 1 amide bonds. The Kier molecular flexibility index (Phi) is 3.48. The summed E-state index contributed by atoms with van der Waals surface area (Å²) in [6.07, 6.45) is 0. The zero-order valence-electron chi connectivity index (χ0n) is 10.2. The van der Waals surface area contributed by atoms with E-state index in [0.717, 1.165) is 29.5 Å². The van der Waals surface area contributed by atoms with E-state index in [1.807, 2.05) is 0 Å². The molecule has 0 spiro atoms. The van der Waals surface area contributed by atoms with Gasteiger partial charge in [0.15, 0.2) is 0 Å². The second kappa shape index (κ2) is 4.93. The molecule has 0 saturated heterocycles. The molecule has 0 aliphatic rings. The van der Waals surface area contributed by atoms with Crippen molar-refractivity contribution >= 4 is 22.9 Å². The van der Waals surface area contributed by atoms with Gasteiger partial charge in [-0.3, -0.25) is 9.59 Å². The van der Waals surface area contributed by atoms with Crippen LogP contribution in [-0.2, 0) is 7.05 Å². The number of nitrogens with zero attached hydrogens (tertiary/aromatic N) is 1. The highest BCUT2D eigenvalue weighted by Gasteiger charge is 2.17. The van der Waals surface area contributed by atoms with Gasteiger partial charge in [-0.1, -0.05) is 11.3 Å². The van der Waals surface area contributed by atoms with E-state index in [1.54, 1.807) is 6.92 Å². The number of thiazole rings is 1. The van der Waals surface area contributed by atoms with Crippen molar-refractivity contribution in [2.24, 2.45) is 7.05 Å². The van der Waals surface area contributed by atoms with E-state index in [0.29, 0.717) is 5.69 Å². The quantitative estimate of drug-likeness (QED) is 0.920. The summed E-state index contributed by atoms with van der Waals surface area (Å²) in [5.74, 6) is -2.03. The number of carbonyl (C=O) groups is 1. The van der Waals surface area contributed by atoms with Crippen molar-refractivity contribution in [1.29, 1.82) is 0 Å². The number of anilines is 1. The summed E-state index contributed by atoms with van der Waals surface area (Å²) >= 11 is 0.758. The topological polar surface area (TPSA) is 51.1 Å². The Balaban J connectivity index is 2.33. The van der Waals surface area contributed by atoms with Gasteiger partial charge in [-0.2, -0.15) is 0 Å². The molecule has 0 radical (unpaired) electrons. The molecule has 2 aromatic rings. The van der Waals surface area contributed by atoms with Gasteiger partial charge in [0.05, 0.1) is 5.69 Å². The van der Waals surface area contributed by atoms with Crippen molar-refractivity contribution in [3.63, 3.8) is 0 Å². The molecule has 7 heteroatoms. The van der Waals surface area contributed by atoms with Gasteiger partial charge in [0.1, 0.15) is 16.5 Å². The average molecular weight is 284 g/mol. The Bertz CT molecular complexity index is 706. The molecular weight excluding hydrogens is 274 g/mol. The SMILES string of the molecule is Cc1c(C(=O)Nc2cc(F)ccc2F)sc(=O)n1C. The Morgan fingerprint density at radius 3 is 2.63 bits per heavy atom. The third kappa shape index (κ3) is 2.55. The number of amides is 1. The molecule has 1 N–H and O–H groups in total. The van der Waals surface area contributed by atoms with Crippen LogP contribution in [0.15, 0.2) is 23.0 Å². The molecule has 0 bridgehead atoms. The van der Waals surface area contributed by atoms with Crippen molar-refractivity contribution in [3.05, 3.63) is 50.1 Å². The predicted octanol–water partition coefficient (Wildman–Crippen LogP) is 2.29. The van der Waals surface area contributed by atoms with E-state index in [9.17, 15) is 18.4 Å². The van der Waals surface area contributed by atoms with Crippen molar-refractivity contribution in [1.82, 2.24) is 4.57 Å². The Labute approximate surface area is 111 Å². The predicted molar refractivity (Wildman–Crippen MR) is 68.6 cm³/mol. The summed E-state index contributed by atoms with van der Waals surface area (Å²) in [7, 11) is 1.54. The van der Waals surface area contributed by atoms with Crippen molar-refractivity contribution in [2.45, 2.75) is 6.92 Å². The highest BCUT2D eigenvalue weighted by molar-refractivity contribution is 7.11. The van der Waals surface area contributed by atoms with Gasteiger partial charge in [0.2, 0.25) is 0 Å². The number of rotatable bonds is 2. The number of hydrogen-bond donors (Lipinski definition) is 1. The maximum atomic E-state index is 13.4. The van der Waals surface area contributed by atoms with Crippen LogP contribution in [0.2, 0.25) is 0 Å². The summed E-state index contributed by atoms with van der Waals surface area (Å²) in [5.41, 5.74) is 0.220. The van der Waals surface area contributed by atoms with Crippen LogP contribution in [0, 0.1) is 18.6 Å². The van der Waals surface area contributed by atoms with Gasteiger partial charge in [-0.15, -0.1) is 0 Å². The van der Waals surface area contributed by atoms with Crippen LogP contribution in [0.1, 0.15) is 15.4 Å². The smallest absolute Gasteiger partial charge is 0.307 e. The molecule has 1 aromatic heterocycles. The molecular formula is C12H10F2N2O2S. The van der Waals surface area contributed by atoms with Crippen LogP contribution in [0.3, 0.4) is 0 Å². The lowest BCUT2D eigenvalue weighted by Gasteiger charge is -2.05. The van der Waals surface area contributed by atoms with Gasteiger partial charge >= 0.3 is 4.87 Å². The Morgan fingerprint density at radius 1 is 1.37 bits per heavy atom. The van der Waals surface area contributed by atoms with Gasteiger partial charge in [0.25, 0.3) is 5.91 Å². The highest BCUT2D eigenvalue weighted by Crippen LogP contribution is 2.18. The number of carbonyl (C=O) groups excluding carboxylic acids is 1. The van der Waals surface area contributed by atoms with Gasteiger partial charge in [-0.25, -0.2) is 8.78 Å². The molecule has 0 fully saturated rings. The van der Waals surface area contributed by atoms with E-state index >= 15 is 0 Å². The van der Waals surface area contributed by atoms with Crippen LogP contribution in [0.25, 0.3) is 0 Å². The summed E-state index contributed by atoms with van der Waals surface area (Å²) in [5, 5.41) is 2.25. The fourth-order valence-corrected chi connectivity index (χ4v) is 2.38. The standard InChI is InChI=1S/C12H10F2N2O2S/c1-6-10(19-12(18)16(6)2)11(17)15-9-5-7(13)3-4-8(9)14/h3-5H,1-2H3,(H,15,17). The molecule has 0 unspecified atom stereocenters. The van der Waals surface area contributed by atoms with Crippen molar-refractivity contribution < 1.29 is 13.6 Å². The van der Waals surface area contributed by atoms with E-state index < -0.39 is 17.5 Å². The minimum absolute atomic E-state index is 0.177. The Morgan fingerprint density at radius 2 is 2.05 bits per heavy atom. The summed E-state index contributed by atoms with van der Waals surface area (Å²) < 4.78 is 27.7. The fourth-order valence-electron chi connectivity index (χ4n) is 1.50.